The highest BCUT2D eigenvalue weighted by Crippen LogP contribution is 2.31. The Kier molecular flexibility index (Phi) is 6.61. The molecule has 1 aliphatic heterocycles. The van der Waals surface area contributed by atoms with E-state index >= 15 is 0 Å². The molecule has 1 unspecified atom stereocenters. The molecule has 0 aromatic heterocycles. The number of carbonyl (C=O) groups excluding carboxylic acids is 1. The van der Waals surface area contributed by atoms with Crippen LogP contribution in [0, 0.1) is 11.8 Å². The largest absolute Gasteiger partial charge is 0.337 e. The summed E-state index contributed by atoms with van der Waals surface area (Å²) in [6, 6.07) is 0.919. The quantitative estimate of drug-likeness (QED) is 0.844. The van der Waals surface area contributed by atoms with E-state index in [1.165, 1.54) is 25.7 Å². The molecule has 2 aliphatic rings. The fraction of sp³-hybridized carbons (Fsp3) is 0.933. The van der Waals surface area contributed by atoms with Gasteiger partial charge in [-0.05, 0) is 64.5 Å². The molecule has 1 atom stereocenters. The summed E-state index contributed by atoms with van der Waals surface area (Å²) < 4.78 is 0. The second-order valence-corrected chi connectivity index (χ2v) is 6.39. The van der Waals surface area contributed by atoms with Gasteiger partial charge in [0.2, 0.25) is 5.91 Å². The predicted molar refractivity (Wildman–Crippen MR) is 81.6 cm³/mol. The third-order valence-corrected chi connectivity index (χ3v) is 4.47. The monoisotopic (exact) mass is 288 g/mol. The number of nitrogens with one attached hydrogen (secondary N) is 1. The van der Waals surface area contributed by atoms with Gasteiger partial charge in [0.25, 0.3) is 0 Å². The molecule has 1 heterocycles. The molecule has 0 aromatic rings. The average molecular weight is 289 g/mol. The van der Waals surface area contributed by atoms with Crippen LogP contribution in [0.5, 0.6) is 0 Å². The van der Waals surface area contributed by atoms with Crippen molar-refractivity contribution in [2.75, 3.05) is 13.1 Å². The molecule has 2 fully saturated rings. The summed E-state index contributed by atoms with van der Waals surface area (Å²) in [4.78, 5) is 14.6. The molecule has 1 amide bonds. The number of halogens is 1. The Balaban J connectivity index is 0.00000180. The van der Waals surface area contributed by atoms with E-state index < -0.39 is 0 Å². The zero-order chi connectivity index (χ0) is 13.1. The van der Waals surface area contributed by atoms with Gasteiger partial charge in [0.15, 0.2) is 0 Å². The third-order valence-electron chi connectivity index (χ3n) is 4.47. The predicted octanol–water partition coefficient (Wildman–Crippen LogP) is 2.83. The third kappa shape index (κ3) is 4.64. The van der Waals surface area contributed by atoms with E-state index in [1.807, 2.05) is 0 Å². The van der Waals surface area contributed by atoms with Gasteiger partial charge in [0.05, 0.1) is 0 Å². The van der Waals surface area contributed by atoms with Crippen LogP contribution in [0.2, 0.25) is 0 Å². The lowest BCUT2D eigenvalue weighted by atomic mass is 9.84. The smallest absolute Gasteiger partial charge is 0.223 e. The number of hydrogen-bond acceptors (Lipinski definition) is 2. The zero-order valence-corrected chi connectivity index (χ0v) is 13.3. The maximum absolute atomic E-state index is 12.4. The number of hydrogen-bond donors (Lipinski definition) is 1. The number of nitrogens with zero attached hydrogens (tertiary/aromatic N) is 1. The summed E-state index contributed by atoms with van der Waals surface area (Å²) in [6.45, 7) is 8.80. The highest BCUT2D eigenvalue weighted by molar-refractivity contribution is 5.85. The first-order valence-electron chi connectivity index (χ1n) is 7.61. The van der Waals surface area contributed by atoms with Crippen molar-refractivity contribution in [1.29, 1.82) is 0 Å². The molecule has 0 bridgehead atoms. The summed E-state index contributed by atoms with van der Waals surface area (Å²) in [7, 11) is 0. The second-order valence-electron chi connectivity index (χ2n) is 6.39. The Bertz CT molecular complexity index is 284. The Hall–Kier alpha value is -0.280. The lowest BCUT2D eigenvalue weighted by Crippen LogP contribution is -2.40. The van der Waals surface area contributed by atoms with Crippen LogP contribution in [0.1, 0.15) is 52.9 Å². The minimum Gasteiger partial charge on any atom is -0.337 e. The van der Waals surface area contributed by atoms with Gasteiger partial charge in [-0.1, -0.05) is 6.92 Å². The van der Waals surface area contributed by atoms with E-state index in [9.17, 15) is 4.79 Å². The first-order chi connectivity index (χ1) is 8.59. The van der Waals surface area contributed by atoms with E-state index in [0.717, 1.165) is 25.4 Å². The summed E-state index contributed by atoms with van der Waals surface area (Å²) in [5.41, 5.74) is 0. The number of carbonyl (C=O) groups is 1. The lowest BCUT2D eigenvalue weighted by Gasteiger charge is -2.32. The first kappa shape index (κ1) is 16.8. The maximum atomic E-state index is 12.4. The van der Waals surface area contributed by atoms with Crippen molar-refractivity contribution in [2.24, 2.45) is 11.8 Å². The average Bonchev–Trinajstić information content (AvgIpc) is 3.14. The molecule has 3 nitrogen and oxygen atoms in total. The summed E-state index contributed by atoms with van der Waals surface area (Å²) in [6.07, 6.45) is 5.65. The minimum atomic E-state index is 0. The number of amides is 1. The van der Waals surface area contributed by atoms with Gasteiger partial charge < -0.3 is 10.2 Å². The highest BCUT2D eigenvalue weighted by atomic mass is 35.5. The molecular formula is C15H29ClN2O. The van der Waals surface area contributed by atoms with Gasteiger partial charge >= 0.3 is 0 Å². The fourth-order valence-electron chi connectivity index (χ4n) is 3.23. The maximum Gasteiger partial charge on any atom is 0.223 e. The van der Waals surface area contributed by atoms with Crippen molar-refractivity contribution in [1.82, 2.24) is 10.2 Å². The molecule has 112 valence electrons. The van der Waals surface area contributed by atoms with Crippen molar-refractivity contribution in [3.05, 3.63) is 0 Å². The fourth-order valence-corrected chi connectivity index (χ4v) is 3.23. The molecule has 0 spiro atoms. The first-order valence-corrected chi connectivity index (χ1v) is 7.61. The van der Waals surface area contributed by atoms with Gasteiger partial charge in [-0.15, -0.1) is 12.4 Å². The van der Waals surface area contributed by atoms with E-state index in [4.69, 9.17) is 0 Å². The van der Waals surface area contributed by atoms with Crippen molar-refractivity contribution < 1.29 is 4.79 Å². The Morgan fingerprint density at radius 1 is 1.16 bits per heavy atom. The summed E-state index contributed by atoms with van der Waals surface area (Å²) in [5, 5.41) is 3.40. The second kappa shape index (κ2) is 7.49. The minimum absolute atomic E-state index is 0. The highest BCUT2D eigenvalue weighted by Gasteiger charge is 2.35. The van der Waals surface area contributed by atoms with Crippen LogP contribution >= 0.6 is 12.4 Å². The van der Waals surface area contributed by atoms with E-state index in [0.29, 0.717) is 23.9 Å². The zero-order valence-electron chi connectivity index (χ0n) is 12.5. The van der Waals surface area contributed by atoms with E-state index in [-0.39, 0.29) is 12.4 Å². The lowest BCUT2D eigenvalue weighted by molar-refractivity contribution is -0.134. The standard InChI is InChI=1S/C15H28N2O.ClH/c1-11(2)17(14-4-5-14)15(18)10-12(3)13-6-8-16-9-7-13;/h11-14,16H,4-10H2,1-3H3;1H. The molecule has 0 aromatic carbocycles. The summed E-state index contributed by atoms with van der Waals surface area (Å²) in [5.74, 6) is 1.67. The van der Waals surface area contributed by atoms with Gasteiger partial charge in [-0.25, -0.2) is 0 Å². The molecule has 4 heteroatoms. The molecule has 1 aliphatic carbocycles. The molecule has 1 saturated heterocycles. The van der Waals surface area contributed by atoms with E-state index in [1.54, 1.807) is 0 Å². The number of piperidine rings is 1. The van der Waals surface area contributed by atoms with Crippen LogP contribution in [0.15, 0.2) is 0 Å². The van der Waals surface area contributed by atoms with Crippen LogP contribution in [0.3, 0.4) is 0 Å². The number of rotatable bonds is 5. The van der Waals surface area contributed by atoms with Crippen LogP contribution in [-0.2, 0) is 4.79 Å². The van der Waals surface area contributed by atoms with Crippen molar-refractivity contribution >= 4 is 18.3 Å². The van der Waals surface area contributed by atoms with Gasteiger partial charge in [-0.3, -0.25) is 4.79 Å². The van der Waals surface area contributed by atoms with Crippen molar-refractivity contribution in [3.63, 3.8) is 0 Å². The van der Waals surface area contributed by atoms with Crippen LogP contribution < -0.4 is 5.32 Å². The molecule has 1 N–H and O–H groups in total. The Labute approximate surface area is 123 Å². The molecule has 0 radical (unpaired) electrons. The van der Waals surface area contributed by atoms with Crippen LogP contribution in [-0.4, -0.2) is 36.0 Å². The molecule has 1 saturated carbocycles. The van der Waals surface area contributed by atoms with Gasteiger partial charge in [0.1, 0.15) is 0 Å². The van der Waals surface area contributed by atoms with E-state index in [2.05, 4.69) is 31.0 Å². The summed E-state index contributed by atoms with van der Waals surface area (Å²) >= 11 is 0. The molecule has 19 heavy (non-hydrogen) atoms. The normalized spacial score (nSPS) is 21.9. The van der Waals surface area contributed by atoms with Crippen molar-refractivity contribution in [3.8, 4) is 0 Å². The van der Waals surface area contributed by atoms with Crippen LogP contribution in [0.4, 0.5) is 0 Å². The molecular weight excluding hydrogens is 260 g/mol. The topological polar surface area (TPSA) is 32.3 Å². The van der Waals surface area contributed by atoms with Gasteiger partial charge in [0, 0.05) is 18.5 Å². The van der Waals surface area contributed by atoms with Crippen LogP contribution in [0.25, 0.3) is 0 Å². The Morgan fingerprint density at radius 3 is 2.21 bits per heavy atom. The SMILES string of the molecule is CC(CC(=O)N(C(C)C)C1CC1)C1CCNCC1.Cl. The van der Waals surface area contributed by atoms with Gasteiger partial charge in [-0.2, -0.15) is 0 Å². The van der Waals surface area contributed by atoms with Crippen molar-refractivity contribution in [2.45, 2.75) is 65.0 Å². The molecule has 2 rings (SSSR count). The Morgan fingerprint density at radius 2 is 1.74 bits per heavy atom.